The predicted molar refractivity (Wildman–Crippen MR) is 199 cm³/mol. The Morgan fingerprint density at radius 3 is 2.15 bits per heavy atom. The summed E-state index contributed by atoms with van der Waals surface area (Å²) in [6, 6.07) is 18.3. The Labute approximate surface area is 318 Å². The highest BCUT2D eigenvalue weighted by Crippen LogP contribution is 2.44. The Morgan fingerprint density at radius 2 is 1.56 bits per heavy atom. The van der Waals surface area contributed by atoms with Crippen molar-refractivity contribution in [2.45, 2.75) is 36.8 Å². The van der Waals surface area contributed by atoms with Gasteiger partial charge in [-0.15, -0.1) is 23.4 Å². The Bertz CT molecular complexity index is 1820. The fraction of sp³-hybridized carbons (Fsp3) is 0.378. The number of hydrogen-bond acceptors (Lipinski definition) is 9. The van der Waals surface area contributed by atoms with Crippen LogP contribution in [0.3, 0.4) is 0 Å². The number of alkyl halides is 1. The number of rotatable bonds is 15. The molecule has 3 aliphatic heterocycles. The first-order valence-corrected chi connectivity index (χ1v) is 18.7. The smallest absolute Gasteiger partial charge is 0.378 e. The molecule has 11 nitrogen and oxygen atoms in total. The first-order valence-electron chi connectivity index (χ1n) is 16.9. The third kappa shape index (κ3) is 8.12. The van der Waals surface area contributed by atoms with Crippen molar-refractivity contribution in [1.29, 1.82) is 0 Å². The van der Waals surface area contributed by atoms with Crippen molar-refractivity contribution in [3.05, 3.63) is 93.6 Å². The number of hydrogen-bond donors (Lipinski definition) is 1. The summed E-state index contributed by atoms with van der Waals surface area (Å²) in [5.74, 6) is 1.18. The first kappa shape index (κ1) is 37.7. The van der Waals surface area contributed by atoms with Gasteiger partial charge in [0.1, 0.15) is 47.7 Å². The summed E-state index contributed by atoms with van der Waals surface area (Å²) in [5.41, 5.74) is 3.00. The maximum atomic E-state index is 13.6. The van der Waals surface area contributed by atoms with Gasteiger partial charge < -0.3 is 33.4 Å². The number of likely N-dealkylation sites (tertiary alicyclic amines) is 1. The number of amides is 2. The maximum Gasteiger partial charge on any atom is 0.378 e. The van der Waals surface area contributed by atoms with E-state index in [2.05, 4.69) is 9.97 Å². The highest BCUT2D eigenvalue weighted by molar-refractivity contribution is 8.00. The van der Waals surface area contributed by atoms with Crippen molar-refractivity contribution >= 4 is 60.8 Å². The number of benzene rings is 3. The van der Waals surface area contributed by atoms with Crippen molar-refractivity contribution in [2.75, 3.05) is 52.7 Å². The molecule has 0 aromatic heterocycles. The Kier molecular flexibility index (Phi) is 12.1. The van der Waals surface area contributed by atoms with Gasteiger partial charge in [-0.05, 0) is 47.5 Å². The molecule has 0 saturated carbocycles. The molecule has 3 aromatic rings. The topological polar surface area (TPSA) is 113 Å². The van der Waals surface area contributed by atoms with Gasteiger partial charge in [-0.1, -0.05) is 35.9 Å². The number of carbonyl (C=O) groups is 3. The molecule has 2 amide bonds. The van der Waals surface area contributed by atoms with Crippen LogP contribution in [0.25, 0.3) is 0 Å². The summed E-state index contributed by atoms with van der Waals surface area (Å²) in [7, 11) is 8.49. The number of β-lactam (4-membered cyclic amide) rings is 1. The van der Waals surface area contributed by atoms with Gasteiger partial charge in [-0.2, -0.15) is 0 Å². The standard InChI is InChI=1S/C37H38BCl2N3O8S/c1-47-26-9-5-23(6-10-26)20-49-29-14-13-28(30(39)33(29)50-21-24-7-11-27(48-2)12-8-24)34(44)41-15-18-43(16-3-4-17-43)19-25-22-52-36-31(40)35(45)42(36)32(25)37(46)51-38/h5-14,31,36H,3-4,15-22H2,1-2H3/p+1/t31?,36-/m1/s1. The van der Waals surface area contributed by atoms with Crippen LogP contribution >= 0.6 is 35.0 Å². The van der Waals surface area contributed by atoms with Crippen molar-refractivity contribution in [1.82, 2.24) is 10.2 Å². The SMILES string of the molecule is [B]OC(=O)C1=C(C[N+]2(CCNC(=O)c3ccc(OCc4ccc(OC)cc4)c(OCc4ccc(OC)cc4)c3Cl)CCCC2)CS[C@@H]2C(Cl)C(=O)N12. The van der Waals surface area contributed by atoms with E-state index in [4.69, 9.17) is 50.2 Å². The zero-order chi connectivity index (χ0) is 36.8. The van der Waals surface area contributed by atoms with E-state index in [1.807, 2.05) is 48.5 Å². The molecular weight excluding hydrogens is 728 g/mol. The normalized spacial score (nSPS) is 19.0. The largest absolute Gasteiger partial charge is 0.539 e. The van der Waals surface area contributed by atoms with Crippen LogP contribution in [0.2, 0.25) is 5.02 Å². The number of ether oxygens (including phenoxy) is 4. The minimum absolute atomic E-state index is 0.129. The van der Waals surface area contributed by atoms with Crippen LogP contribution in [0.1, 0.15) is 34.3 Å². The monoisotopic (exact) mass is 766 g/mol. The fourth-order valence-corrected chi connectivity index (χ4v) is 8.74. The van der Waals surface area contributed by atoms with Gasteiger partial charge in [0, 0.05) is 24.2 Å². The fourth-order valence-electron chi connectivity index (χ4n) is 6.76. The number of halogens is 2. The first-order chi connectivity index (χ1) is 25.2. The highest BCUT2D eigenvalue weighted by atomic mass is 35.5. The lowest BCUT2D eigenvalue weighted by Crippen LogP contribution is -2.63. The van der Waals surface area contributed by atoms with E-state index >= 15 is 0 Å². The molecule has 0 spiro atoms. The van der Waals surface area contributed by atoms with Crippen LogP contribution in [0.5, 0.6) is 23.0 Å². The van der Waals surface area contributed by atoms with Gasteiger partial charge in [-0.3, -0.25) is 14.5 Å². The lowest BCUT2D eigenvalue weighted by atomic mass is 10.1. The molecule has 272 valence electrons. The van der Waals surface area contributed by atoms with Crippen LogP contribution in [0.15, 0.2) is 71.9 Å². The summed E-state index contributed by atoms with van der Waals surface area (Å²) in [4.78, 5) is 40.4. The molecule has 6 rings (SSSR count). The number of carbonyl (C=O) groups excluding carboxylic acids is 3. The molecular formula is C37H39BCl2N3O8S+. The number of methoxy groups -OCH3 is 2. The van der Waals surface area contributed by atoms with E-state index in [0.717, 1.165) is 54.1 Å². The van der Waals surface area contributed by atoms with Gasteiger partial charge >= 0.3 is 14.0 Å². The summed E-state index contributed by atoms with van der Waals surface area (Å²) in [6.45, 7) is 3.59. The molecule has 15 heteroatoms. The third-order valence-electron chi connectivity index (χ3n) is 9.60. The number of quaternary nitrogens is 1. The van der Waals surface area contributed by atoms with E-state index < -0.39 is 11.3 Å². The van der Waals surface area contributed by atoms with Crippen LogP contribution in [-0.4, -0.2) is 98.7 Å². The summed E-state index contributed by atoms with van der Waals surface area (Å²) >= 11 is 14.7. The summed E-state index contributed by atoms with van der Waals surface area (Å²) in [5, 5.41) is 2.15. The highest BCUT2D eigenvalue weighted by Gasteiger charge is 2.53. The molecule has 2 saturated heterocycles. The molecule has 3 aliphatic rings. The quantitative estimate of drug-likeness (QED) is 0.0959. The molecule has 2 fully saturated rings. The molecule has 3 heterocycles. The number of nitrogens with one attached hydrogen (secondary N) is 1. The Balaban J connectivity index is 1.17. The third-order valence-corrected chi connectivity index (χ3v) is 11.9. The second-order valence-corrected chi connectivity index (χ2v) is 14.8. The van der Waals surface area contributed by atoms with Crippen LogP contribution < -0.4 is 24.3 Å². The molecule has 1 N–H and O–H groups in total. The summed E-state index contributed by atoms with van der Waals surface area (Å²) in [6.07, 6.45) is 2.00. The molecule has 0 aliphatic carbocycles. The van der Waals surface area contributed by atoms with Gasteiger partial charge in [-0.25, -0.2) is 4.79 Å². The van der Waals surface area contributed by atoms with Crippen molar-refractivity contribution in [3.8, 4) is 23.0 Å². The van der Waals surface area contributed by atoms with E-state index in [1.165, 1.54) is 16.7 Å². The summed E-state index contributed by atoms with van der Waals surface area (Å²) < 4.78 is 28.1. The lowest BCUT2D eigenvalue weighted by Gasteiger charge is -2.48. The van der Waals surface area contributed by atoms with Crippen molar-refractivity contribution in [3.63, 3.8) is 0 Å². The Hall–Kier alpha value is -4.04. The van der Waals surface area contributed by atoms with Crippen LogP contribution in [0.4, 0.5) is 0 Å². The van der Waals surface area contributed by atoms with E-state index in [1.54, 1.807) is 26.4 Å². The van der Waals surface area contributed by atoms with E-state index in [0.29, 0.717) is 35.6 Å². The minimum Gasteiger partial charge on any atom is -0.539 e. The van der Waals surface area contributed by atoms with Crippen molar-refractivity contribution in [2.24, 2.45) is 0 Å². The predicted octanol–water partition coefficient (Wildman–Crippen LogP) is 5.26. The average Bonchev–Trinajstić information content (AvgIpc) is 3.64. The van der Waals surface area contributed by atoms with Gasteiger partial charge in [0.15, 0.2) is 11.5 Å². The van der Waals surface area contributed by atoms with Gasteiger partial charge in [0.2, 0.25) is 5.91 Å². The number of thioether (sulfide) groups is 1. The second kappa shape index (κ2) is 16.8. The molecule has 52 heavy (non-hydrogen) atoms. The Morgan fingerprint density at radius 1 is 0.942 bits per heavy atom. The molecule has 3 aromatic carbocycles. The second-order valence-electron chi connectivity index (χ2n) is 12.8. The average molecular weight is 768 g/mol. The van der Waals surface area contributed by atoms with Crippen molar-refractivity contribution < 1.29 is 42.5 Å². The van der Waals surface area contributed by atoms with Crippen LogP contribution in [-0.2, 0) is 27.5 Å². The van der Waals surface area contributed by atoms with Gasteiger partial charge in [0.05, 0.1) is 51.0 Å². The van der Waals surface area contributed by atoms with E-state index in [9.17, 15) is 14.4 Å². The van der Waals surface area contributed by atoms with Crippen LogP contribution in [0, 0.1) is 0 Å². The zero-order valence-corrected chi connectivity index (χ0v) is 31.2. The van der Waals surface area contributed by atoms with Gasteiger partial charge in [0.25, 0.3) is 5.91 Å². The zero-order valence-electron chi connectivity index (χ0n) is 28.9. The number of nitrogens with zero attached hydrogens (tertiary/aromatic N) is 2. The molecule has 2 atom stereocenters. The maximum absolute atomic E-state index is 13.6. The minimum atomic E-state index is -0.751. The number of fused-ring (bicyclic) bond motifs is 1. The lowest BCUT2D eigenvalue weighted by molar-refractivity contribution is -0.911. The molecule has 1 unspecified atom stereocenters. The molecule has 0 bridgehead atoms. The van der Waals surface area contributed by atoms with E-state index in [-0.39, 0.29) is 52.4 Å². The molecule has 2 radical (unpaired) electrons.